The summed E-state index contributed by atoms with van der Waals surface area (Å²) in [6, 6.07) is 7.93. The Labute approximate surface area is 140 Å². The highest BCUT2D eigenvalue weighted by molar-refractivity contribution is 7.99. The van der Waals surface area contributed by atoms with Crippen LogP contribution in [-0.4, -0.2) is 39.8 Å². The van der Waals surface area contributed by atoms with E-state index in [2.05, 4.69) is 17.1 Å². The molecule has 0 spiro atoms. The molecule has 0 unspecified atom stereocenters. The van der Waals surface area contributed by atoms with E-state index in [0.717, 1.165) is 37.4 Å². The van der Waals surface area contributed by atoms with Crippen LogP contribution in [0, 0.1) is 12.8 Å². The average Bonchev–Trinajstić information content (AvgIpc) is 3.03. The van der Waals surface area contributed by atoms with Crippen LogP contribution in [0.2, 0.25) is 0 Å². The minimum atomic E-state index is 0.150. The van der Waals surface area contributed by atoms with Crippen molar-refractivity contribution in [2.24, 2.45) is 5.92 Å². The lowest BCUT2D eigenvalue weighted by atomic mass is 9.99. The second kappa shape index (κ2) is 7.17. The largest absolute Gasteiger partial charge is 0.411 e. The van der Waals surface area contributed by atoms with Gasteiger partial charge in [0.05, 0.1) is 5.75 Å². The van der Waals surface area contributed by atoms with Crippen molar-refractivity contribution in [2.75, 3.05) is 18.8 Å². The first-order valence-electron chi connectivity index (χ1n) is 7.93. The average molecular weight is 331 g/mol. The standard InChI is InChI=1S/C17H21N3O2S/c1-12-3-5-14(6-4-12)16-18-19-17(22-16)23-11-15(21)20-9-7-13(2)8-10-20/h3-6,13H,7-11H2,1-2H3. The number of hydrogen-bond donors (Lipinski definition) is 0. The molecule has 0 bridgehead atoms. The van der Waals surface area contributed by atoms with Gasteiger partial charge in [-0.25, -0.2) is 0 Å². The highest BCUT2D eigenvalue weighted by Gasteiger charge is 2.21. The quantitative estimate of drug-likeness (QED) is 0.804. The van der Waals surface area contributed by atoms with Crippen molar-refractivity contribution >= 4 is 17.7 Å². The molecular formula is C17H21N3O2S. The molecule has 1 saturated heterocycles. The number of likely N-dealkylation sites (tertiary alicyclic amines) is 1. The molecule has 1 aromatic carbocycles. The topological polar surface area (TPSA) is 59.2 Å². The van der Waals surface area contributed by atoms with Crippen molar-refractivity contribution in [1.82, 2.24) is 15.1 Å². The van der Waals surface area contributed by atoms with Gasteiger partial charge in [-0.3, -0.25) is 4.79 Å². The summed E-state index contributed by atoms with van der Waals surface area (Å²) in [6.07, 6.45) is 2.18. The van der Waals surface area contributed by atoms with Crippen molar-refractivity contribution < 1.29 is 9.21 Å². The Hall–Kier alpha value is -1.82. The fourth-order valence-corrected chi connectivity index (χ4v) is 3.22. The Kier molecular flexibility index (Phi) is 5.00. The monoisotopic (exact) mass is 331 g/mol. The number of piperidine rings is 1. The van der Waals surface area contributed by atoms with Gasteiger partial charge in [0.2, 0.25) is 11.8 Å². The van der Waals surface area contributed by atoms with Crippen LogP contribution < -0.4 is 0 Å². The molecule has 1 aliphatic rings. The normalized spacial score (nSPS) is 15.8. The zero-order valence-electron chi connectivity index (χ0n) is 13.5. The SMILES string of the molecule is Cc1ccc(-c2nnc(SCC(=O)N3CCC(C)CC3)o2)cc1. The lowest BCUT2D eigenvalue weighted by Gasteiger charge is -2.30. The molecule has 6 heteroatoms. The number of aromatic nitrogens is 2. The van der Waals surface area contributed by atoms with E-state index in [-0.39, 0.29) is 5.91 Å². The van der Waals surface area contributed by atoms with Crippen LogP contribution in [0.5, 0.6) is 0 Å². The number of carbonyl (C=O) groups excluding carboxylic acids is 1. The first-order valence-corrected chi connectivity index (χ1v) is 8.91. The van der Waals surface area contributed by atoms with Crippen LogP contribution in [0.15, 0.2) is 33.9 Å². The highest BCUT2D eigenvalue weighted by atomic mass is 32.2. The number of amides is 1. The van der Waals surface area contributed by atoms with Gasteiger partial charge in [0, 0.05) is 18.7 Å². The number of nitrogens with zero attached hydrogens (tertiary/aromatic N) is 3. The Balaban J connectivity index is 1.55. The maximum absolute atomic E-state index is 12.2. The second-order valence-electron chi connectivity index (χ2n) is 6.09. The Morgan fingerprint density at radius 2 is 1.96 bits per heavy atom. The molecule has 1 fully saturated rings. The fourth-order valence-electron chi connectivity index (χ4n) is 2.55. The predicted molar refractivity (Wildman–Crippen MR) is 90.2 cm³/mol. The van der Waals surface area contributed by atoms with Crippen LogP contribution in [0.1, 0.15) is 25.3 Å². The molecule has 0 radical (unpaired) electrons. The molecule has 1 aliphatic heterocycles. The van der Waals surface area contributed by atoms with Gasteiger partial charge in [0.15, 0.2) is 0 Å². The van der Waals surface area contributed by atoms with Gasteiger partial charge in [-0.1, -0.05) is 36.4 Å². The highest BCUT2D eigenvalue weighted by Crippen LogP contribution is 2.24. The number of hydrogen-bond acceptors (Lipinski definition) is 5. The summed E-state index contributed by atoms with van der Waals surface area (Å²) >= 11 is 1.31. The molecule has 1 aromatic heterocycles. The molecule has 2 heterocycles. The summed E-state index contributed by atoms with van der Waals surface area (Å²) < 4.78 is 5.63. The smallest absolute Gasteiger partial charge is 0.277 e. The van der Waals surface area contributed by atoms with E-state index in [1.807, 2.05) is 36.1 Å². The van der Waals surface area contributed by atoms with Crippen LogP contribution in [-0.2, 0) is 4.79 Å². The molecular weight excluding hydrogens is 310 g/mol. The van der Waals surface area contributed by atoms with E-state index in [1.54, 1.807) is 0 Å². The van der Waals surface area contributed by atoms with E-state index in [0.29, 0.717) is 16.9 Å². The molecule has 0 atom stereocenters. The summed E-state index contributed by atoms with van der Waals surface area (Å²) in [5.74, 6) is 1.72. The molecule has 2 aromatic rings. The minimum absolute atomic E-state index is 0.150. The molecule has 0 N–H and O–H groups in total. The number of rotatable bonds is 4. The Morgan fingerprint density at radius 3 is 2.65 bits per heavy atom. The van der Waals surface area contributed by atoms with E-state index >= 15 is 0 Å². The zero-order chi connectivity index (χ0) is 16.2. The van der Waals surface area contributed by atoms with Crippen LogP contribution in [0.25, 0.3) is 11.5 Å². The maximum atomic E-state index is 12.2. The van der Waals surface area contributed by atoms with Crippen molar-refractivity contribution in [1.29, 1.82) is 0 Å². The summed E-state index contributed by atoms with van der Waals surface area (Å²) in [4.78, 5) is 14.1. The molecule has 1 amide bonds. The first-order chi connectivity index (χ1) is 11.1. The summed E-state index contributed by atoms with van der Waals surface area (Å²) in [7, 11) is 0. The Bertz CT molecular complexity index is 661. The third kappa shape index (κ3) is 4.13. The van der Waals surface area contributed by atoms with Crippen molar-refractivity contribution in [3.8, 4) is 11.5 Å². The minimum Gasteiger partial charge on any atom is -0.411 e. The number of benzene rings is 1. The summed E-state index contributed by atoms with van der Waals surface area (Å²) in [6.45, 7) is 5.99. The predicted octanol–water partition coefficient (Wildman–Crippen LogP) is 3.40. The van der Waals surface area contributed by atoms with Crippen LogP contribution >= 0.6 is 11.8 Å². The number of thioether (sulfide) groups is 1. The van der Waals surface area contributed by atoms with E-state index in [1.165, 1.54) is 17.3 Å². The van der Waals surface area contributed by atoms with Gasteiger partial charge >= 0.3 is 0 Å². The van der Waals surface area contributed by atoms with Crippen LogP contribution in [0.3, 0.4) is 0 Å². The van der Waals surface area contributed by atoms with E-state index < -0.39 is 0 Å². The van der Waals surface area contributed by atoms with Crippen LogP contribution in [0.4, 0.5) is 0 Å². The van der Waals surface area contributed by atoms with Gasteiger partial charge in [0.25, 0.3) is 5.22 Å². The summed E-state index contributed by atoms with van der Waals surface area (Å²) in [5, 5.41) is 8.52. The molecule has 23 heavy (non-hydrogen) atoms. The number of aryl methyl sites for hydroxylation is 1. The molecule has 5 nitrogen and oxygen atoms in total. The second-order valence-corrected chi connectivity index (χ2v) is 7.02. The first kappa shape index (κ1) is 16.1. The van der Waals surface area contributed by atoms with E-state index in [4.69, 9.17) is 4.42 Å². The van der Waals surface area contributed by atoms with Gasteiger partial charge in [-0.15, -0.1) is 10.2 Å². The lowest BCUT2D eigenvalue weighted by Crippen LogP contribution is -2.38. The molecule has 0 aliphatic carbocycles. The maximum Gasteiger partial charge on any atom is 0.277 e. The third-order valence-electron chi connectivity index (χ3n) is 4.16. The van der Waals surface area contributed by atoms with Gasteiger partial charge in [-0.05, 0) is 37.8 Å². The van der Waals surface area contributed by atoms with Crippen molar-refractivity contribution in [2.45, 2.75) is 31.9 Å². The van der Waals surface area contributed by atoms with Gasteiger partial charge in [0.1, 0.15) is 0 Å². The molecule has 122 valence electrons. The third-order valence-corrected chi connectivity index (χ3v) is 4.96. The zero-order valence-corrected chi connectivity index (χ0v) is 14.3. The van der Waals surface area contributed by atoms with Gasteiger partial charge < -0.3 is 9.32 Å². The van der Waals surface area contributed by atoms with E-state index in [9.17, 15) is 4.79 Å². The van der Waals surface area contributed by atoms with Crippen molar-refractivity contribution in [3.63, 3.8) is 0 Å². The summed E-state index contributed by atoms with van der Waals surface area (Å²) in [5.41, 5.74) is 2.08. The fraction of sp³-hybridized carbons (Fsp3) is 0.471. The Morgan fingerprint density at radius 1 is 1.26 bits per heavy atom. The molecule has 3 rings (SSSR count). The lowest BCUT2D eigenvalue weighted by molar-refractivity contribution is -0.129. The molecule has 0 saturated carbocycles. The van der Waals surface area contributed by atoms with Gasteiger partial charge in [-0.2, -0.15) is 0 Å². The number of carbonyl (C=O) groups is 1. The van der Waals surface area contributed by atoms with Crippen molar-refractivity contribution in [3.05, 3.63) is 29.8 Å².